The van der Waals surface area contributed by atoms with Gasteiger partial charge in [0.15, 0.2) is 0 Å². The first kappa shape index (κ1) is 9.62. The van der Waals surface area contributed by atoms with E-state index in [4.69, 9.17) is 0 Å². The second-order valence-corrected chi connectivity index (χ2v) is 4.14. The van der Waals surface area contributed by atoms with E-state index in [0.29, 0.717) is 0 Å². The number of pyridine rings is 1. The van der Waals surface area contributed by atoms with E-state index in [1.54, 1.807) is 6.20 Å². The SMILES string of the molecule is CN1CCC(CO)(c2ccccn2)C1. The molecule has 1 saturated heterocycles. The minimum atomic E-state index is -0.129. The molecule has 3 heteroatoms. The van der Waals surface area contributed by atoms with Gasteiger partial charge >= 0.3 is 0 Å². The van der Waals surface area contributed by atoms with Gasteiger partial charge in [-0.1, -0.05) is 6.07 Å². The highest BCUT2D eigenvalue weighted by atomic mass is 16.3. The van der Waals surface area contributed by atoms with Gasteiger partial charge in [-0.3, -0.25) is 4.98 Å². The molecule has 0 aliphatic carbocycles. The summed E-state index contributed by atoms with van der Waals surface area (Å²) in [5, 5.41) is 9.52. The van der Waals surface area contributed by atoms with Gasteiger partial charge in [-0.2, -0.15) is 0 Å². The molecule has 14 heavy (non-hydrogen) atoms. The van der Waals surface area contributed by atoms with Crippen LogP contribution in [0.15, 0.2) is 24.4 Å². The second-order valence-electron chi connectivity index (χ2n) is 4.14. The number of aliphatic hydroxyl groups is 1. The maximum absolute atomic E-state index is 9.52. The van der Waals surface area contributed by atoms with Crippen molar-refractivity contribution < 1.29 is 5.11 Å². The third-order valence-electron chi connectivity index (χ3n) is 3.06. The molecule has 1 aliphatic rings. The van der Waals surface area contributed by atoms with E-state index in [9.17, 15) is 5.11 Å². The van der Waals surface area contributed by atoms with Crippen molar-refractivity contribution in [2.75, 3.05) is 26.7 Å². The second kappa shape index (κ2) is 3.67. The molecule has 1 fully saturated rings. The molecule has 1 aromatic rings. The van der Waals surface area contributed by atoms with Crippen LogP contribution in [0.3, 0.4) is 0 Å². The Bertz CT molecular complexity index is 301. The lowest BCUT2D eigenvalue weighted by Crippen LogP contribution is -2.34. The summed E-state index contributed by atoms with van der Waals surface area (Å²) in [6, 6.07) is 5.90. The normalized spacial score (nSPS) is 28.1. The lowest BCUT2D eigenvalue weighted by molar-refractivity contribution is 0.192. The molecule has 2 rings (SSSR count). The van der Waals surface area contributed by atoms with Gasteiger partial charge < -0.3 is 10.0 Å². The molecule has 1 aliphatic heterocycles. The van der Waals surface area contributed by atoms with E-state index in [2.05, 4.69) is 16.9 Å². The van der Waals surface area contributed by atoms with Crippen LogP contribution in [0.4, 0.5) is 0 Å². The Morgan fingerprint density at radius 3 is 2.93 bits per heavy atom. The highest BCUT2D eigenvalue weighted by Gasteiger charge is 2.38. The molecular formula is C11H16N2O. The molecule has 1 atom stereocenters. The summed E-state index contributed by atoms with van der Waals surface area (Å²) >= 11 is 0. The first-order valence-electron chi connectivity index (χ1n) is 4.98. The van der Waals surface area contributed by atoms with Gasteiger partial charge in [0.2, 0.25) is 0 Å². The standard InChI is InChI=1S/C11H16N2O/c1-13-7-5-11(8-13,9-14)10-4-2-3-6-12-10/h2-4,6,14H,5,7-9H2,1H3. The van der Waals surface area contributed by atoms with Crippen molar-refractivity contribution in [3.05, 3.63) is 30.1 Å². The minimum Gasteiger partial charge on any atom is -0.395 e. The molecule has 1 unspecified atom stereocenters. The molecule has 0 spiro atoms. The van der Waals surface area contributed by atoms with Crippen molar-refractivity contribution in [3.8, 4) is 0 Å². The Kier molecular flexibility index (Phi) is 2.52. The zero-order valence-corrected chi connectivity index (χ0v) is 8.48. The average molecular weight is 192 g/mol. The number of likely N-dealkylation sites (tertiary alicyclic amines) is 1. The molecule has 1 aromatic heterocycles. The first-order valence-corrected chi connectivity index (χ1v) is 4.98. The average Bonchev–Trinajstić information content (AvgIpc) is 2.63. The van der Waals surface area contributed by atoms with Crippen LogP contribution >= 0.6 is 0 Å². The summed E-state index contributed by atoms with van der Waals surface area (Å²) in [5.41, 5.74) is 0.891. The lowest BCUT2D eigenvalue weighted by atomic mass is 9.84. The van der Waals surface area contributed by atoms with Crippen LogP contribution in [0.25, 0.3) is 0 Å². The monoisotopic (exact) mass is 192 g/mol. The van der Waals surface area contributed by atoms with Crippen molar-refractivity contribution in [2.24, 2.45) is 0 Å². The zero-order chi connectivity index (χ0) is 10.0. The van der Waals surface area contributed by atoms with Crippen molar-refractivity contribution in [1.29, 1.82) is 0 Å². The Morgan fingerprint density at radius 2 is 2.43 bits per heavy atom. The highest BCUT2D eigenvalue weighted by molar-refractivity contribution is 5.20. The quantitative estimate of drug-likeness (QED) is 0.747. The van der Waals surface area contributed by atoms with Crippen LogP contribution in [-0.2, 0) is 5.41 Å². The molecule has 3 nitrogen and oxygen atoms in total. The first-order chi connectivity index (χ1) is 6.77. The van der Waals surface area contributed by atoms with E-state index < -0.39 is 0 Å². The van der Waals surface area contributed by atoms with Crippen LogP contribution in [-0.4, -0.2) is 41.7 Å². The topological polar surface area (TPSA) is 36.4 Å². The van der Waals surface area contributed by atoms with Crippen LogP contribution in [0, 0.1) is 0 Å². The molecule has 0 aromatic carbocycles. The number of likely N-dealkylation sites (N-methyl/N-ethyl adjacent to an activating group) is 1. The van der Waals surface area contributed by atoms with Crippen molar-refractivity contribution >= 4 is 0 Å². The van der Waals surface area contributed by atoms with Crippen molar-refractivity contribution in [2.45, 2.75) is 11.8 Å². The van der Waals surface area contributed by atoms with Gasteiger partial charge in [-0.05, 0) is 32.1 Å². The largest absolute Gasteiger partial charge is 0.395 e. The van der Waals surface area contributed by atoms with E-state index in [-0.39, 0.29) is 12.0 Å². The van der Waals surface area contributed by atoms with Crippen molar-refractivity contribution in [3.63, 3.8) is 0 Å². The fourth-order valence-electron chi connectivity index (χ4n) is 2.18. The van der Waals surface area contributed by atoms with Gasteiger partial charge in [0.1, 0.15) is 0 Å². The Balaban J connectivity index is 2.30. The zero-order valence-electron chi connectivity index (χ0n) is 8.48. The smallest absolute Gasteiger partial charge is 0.0556 e. The molecule has 2 heterocycles. The van der Waals surface area contributed by atoms with Crippen LogP contribution < -0.4 is 0 Å². The Labute approximate surface area is 84.4 Å². The van der Waals surface area contributed by atoms with Crippen molar-refractivity contribution in [1.82, 2.24) is 9.88 Å². The number of hydrogen-bond donors (Lipinski definition) is 1. The predicted octanol–water partition coefficient (Wildman–Crippen LogP) is 0.647. The van der Waals surface area contributed by atoms with Crippen LogP contribution in [0.5, 0.6) is 0 Å². The predicted molar refractivity (Wildman–Crippen MR) is 55.1 cm³/mol. The molecule has 1 N–H and O–H groups in total. The van der Waals surface area contributed by atoms with Gasteiger partial charge in [-0.25, -0.2) is 0 Å². The third-order valence-corrected chi connectivity index (χ3v) is 3.06. The summed E-state index contributed by atoms with van der Waals surface area (Å²) < 4.78 is 0. The lowest BCUT2D eigenvalue weighted by Gasteiger charge is -2.25. The number of aromatic nitrogens is 1. The maximum Gasteiger partial charge on any atom is 0.0556 e. The van der Waals surface area contributed by atoms with E-state index in [0.717, 1.165) is 25.2 Å². The van der Waals surface area contributed by atoms with Crippen LogP contribution in [0.2, 0.25) is 0 Å². The highest BCUT2D eigenvalue weighted by Crippen LogP contribution is 2.31. The fourth-order valence-corrected chi connectivity index (χ4v) is 2.18. The molecule has 0 radical (unpaired) electrons. The molecule has 0 bridgehead atoms. The number of hydrogen-bond acceptors (Lipinski definition) is 3. The summed E-state index contributed by atoms with van der Waals surface area (Å²) in [7, 11) is 2.08. The minimum absolute atomic E-state index is 0.129. The molecule has 0 amide bonds. The Hall–Kier alpha value is -0.930. The number of aliphatic hydroxyl groups excluding tert-OH is 1. The van der Waals surface area contributed by atoms with Gasteiger partial charge in [-0.15, -0.1) is 0 Å². The summed E-state index contributed by atoms with van der Waals surface area (Å²) in [5.74, 6) is 0. The molecular weight excluding hydrogens is 176 g/mol. The maximum atomic E-state index is 9.52. The fraction of sp³-hybridized carbons (Fsp3) is 0.545. The third kappa shape index (κ3) is 1.53. The van der Waals surface area contributed by atoms with Gasteiger partial charge in [0.05, 0.1) is 12.3 Å². The Morgan fingerprint density at radius 1 is 1.57 bits per heavy atom. The summed E-state index contributed by atoms with van der Waals surface area (Å²) in [6.07, 6.45) is 2.79. The summed E-state index contributed by atoms with van der Waals surface area (Å²) in [6.45, 7) is 2.13. The number of rotatable bonds is 2. The molecule has 0 saturated carbocycles. The van der Waals surface area contributed by atoms with Gasteiger partial charge in [0.25, 0.3) is 0 Å². The summed E-state index contributed by atoms with van der Waals surface area (Å²) in [4.78, 5) is 6.59. The number of nitrogens with zero attached hydrogens (tertiary/aromatic N) is 2. The van der Waals surface area contributed by atoms with E-state index >= 15 is 0 Å². The van der Waals surface area contributed by atoms with Crippen LogP contribution in [0.1, 0.15) is 12.1 Å². The molecule has 76 valence electrons. The van der Waals surface area contributed by atoms with E-state index in [1.165, 1.54) is 0 Å². The van der Waals surface area contributed by atoms with E-state index in [1.807, 2.05) is 18.2 Å². The van der Waals surface area contributed by atoms with Gasteiger partial charge in [0, 0.05) is 18.2 Å².